The van der Waals surface area contributed by atoms with Gasteiger partial charge in [0, 0.05) is 13.3 Å². The third kappa shape index (κ3) is 2.79. The van der Waals surface area contributed by atoms with Gasteiger partial charge in [0.1, 0.15) is 11.2 Å². The molecule has 0 saturated heterocycles. The van der Waals surface area contributed by atoms with E-state index in [-0.39, 0.29) is 5.97 Å². The second-order valence-electron chi connectivity index (χ2n) is 4.37. The van der Waals surface area contributed by atoms with Crippen molar-refractivity contribution in [2.75, 3.05) is 14.2 Å². The minimum atomic E-state index is -0.856. The summed E-state index contributed by atoms with van der Waals surface area (Å²) in [6.45, 7) is 5.78. The summed E-state index contributed by atoms with van der Waals surface area (Å²) >= 11 is 0. The Bertz CT molecular complexity index is 416. The number of hydrogen-bond donors (Lipinski definition) is 0. The van der Waals surface area contributed by atoms with Crippen LogP contribution in [0.25, 0.3) is 0 Å². The predicted octanol–water partition coefficient (Wildman–Crippen LogP) is 1.38. The van der Waals surface area contributed by atoms with Gasteiger partial charge in [0.2, 0.25) is 0 Å². The number of aryl methyl sites for hydroxylation is 1. The van der Waals surface area contributed by atoms with Crippen molar-refractivity contribution in [3.05, 3.63) is 23.3 Å². The second kappa shape index (κ2) is 5.23. The van der Waals surface area contributed by atoms with Crippen LogP contribution in [0.2, 0.25) is 0 Å². The zero-order valence-electron chi connectivity index (χ0n) is 10.9. The molecule has 0 radical (unpaired) electrons. The van der Waals surface area contributed by atoms with Gasteiger partial charge in [-0.2, -0.15) is 0 Å². The Kier molecular flexibility index (Phi) is 4.17. The second-order valence-corrected chi connectivity index (χ2v) is 4.37. The van der Waals surface area contributed by atoms with Crippen LogP contribution in [0.15, 0.2) is 6.20 Å². The number of rotatable bonds is 4. The van der Waals surface area contributed by atoms with E-state index in [1.807, 2.05) is 6.92 Å². The summed E-state index contributed by atoms with van der Waals surface area (Å²) in [5.41, 5.74) is 0.871. The lowest BCUT2D eigenvalue weighted by molar-refractivity contribution is -0.146. The average Bonchev–Trinajstić information content (AvgIpc) is 2.30. The molecule has 94 valence electrons. The number of methoxy groups -OCH3 is 2. The largest absolute Gasteiger partial charge is 0.468 e. The maximum Gasteiger partial charge on any atom is 0.318 e. The number of nitrogens with zero attached hydrogens (tertiary/aromatic N) is 2. The summed E-state index contributed by atoms with van der Waals surface area (Å²) in [7, 11) is 2.96. The van der Waals surface area contributed by atoms with Crippen LogP contribution < -0.4 is 0 Å². The molecule has 5 heteroatoms. The summed E-state index contributed by atoms with van der Waals surface area (Å²) in [6, 6.07) is 0. The Morgan fingerprint density at radius 1 is 1.41 bits per heavy atom. The number of ether oxygens (including phenoxy) is 2. The van der Waals surface area contributed by atoms with Crippen molar-refractivity contribution < 1.29 is 14.3 Å². The van der Waals surface area contributed by atoms with Crippen molar-refractivity contribution >= 4 is 5.97 Å². The molecule has 0 spiro atoms. The molecule has 0 aliphatic carbocycles. The van der Waals surface area contributed by atoms with Gasteiger partial charge in [-0.1, -0.05) is 0 Å². The molecule has 5 nitrogen and oxygen atoms in total. The molecule has 0 aliphatic rings. The Hall–Kier alpha value is -1.49. The van der Waals surface area contributed by atoms with Crippen LogP contribution in [0.5, 0.6) is 0 Å². The minimum absolute atomic E-state index is 0.357. The Labute approximate surface area is 101 Å². The van der Waals surface area contributed by atoms with E-state index in [4.69, 9.17) is 9.47 Å². The lowest BCUT2D eigenvalue weighted by atomic mass is 9.92. The lowest BCUT2D eigenvalue weighted by Gasteiger charge is -2.20. The van der Waals surface area contributed by atoms with Crippen molar-refractivity contribution in [1.29, 1.82) is 0 Å². The van der Waals surface area contributed by atoms with Gasteiger partial charge in [-0.05, 0) is 26.3 Å². The Morgan fingerprint density at radius 2 is 2.06 bits per heavy atom. The van der Waals surface area contributed by atoms with Gasteiger partial charge in [-0.15, -0.1) is 0 Å². The zero-order valence-corrected chi connectivity index (χ0v) is 10.9. The van der Waals surface area contributed by atoms with E-state index in [0.29, 0.717) is 12.4 Å². The summed E-state index contributed by atoms with van der Waals surface area (Å²) in [5, 5.41) is 0. The highest BCUT2D eigenvalue weighted by atomic mass is 16.5. The monoisotopic (exact) mass is 238 g/mol. The van der Waals surface area contributed by atoms with Crippen molar-refractivity contribution in [2.24, 2.45) is 0 Å². The van der Waals surface area contributed by atoms with Crippen molar-refractivity contribution in [1.82, 2.24) is 9.97 Å². The van der Waals surface area contributed by atoms with E-state index in [1.54, 1.807) is 27.2 Å². The fourth-order valence-corrected chi connectivity index (χ4v) is 1.41. The molecular weight excluding hydrogens is 220 g/mol. The SMILES string of the molecule is COCc1nc(C(C)(C)C(=O)OC)ncc1C. The average molecular weight is 238 g/mol. The molecule has 1 aromatic heterocycles. The number of aromatic nitrogens is 2. The summed E-state index contributed by atoms with van der Waals surface area (Å²) in [6.07, 6.45) is 1.70. The van der Waals surface area contributed by atoms with E-state index >= 15 is 0 Å². The van der Waals surface area contributed by atoms with Crippen LogP contribution in [0.3, 0.4) is 0 Å². The number of esters is 1. The smallest absolute Gasteiger partial charge is 0.318 e. The Balaban J connectivity index is 3.14. The molecule has 1 aromatic rings. The van der Waals surface area contributed by atoms with E-state index in [2.05, 4.69) is 9.97 Å². The summed E-state index contributed by atoms with van der Waals surface area (Å²) < 4.78 is 9.81. The molecule has 0 aromatic carbocycles. The van der Waals surface area contributed by atoms with E-state index in [0.717, 1.165) is 11.3 Å². The molecule has 17 heavy (non-hydrogen) atoms. The molecule has 0 N–H and O–H groups in total. The topological polar surface area (TPSA) is 61.3 Å². The standard InChI is InChI=1S/C12H18N2O3/c1-8-6-13-10(14-9(8)7-16-4)12(2,3)11(15)17-5/h6H,7H2,1-5H3. The highest BCUT2D eigenvalue weighted by Gasteiger charge is 2.34. The number of carbonyl (C=O) groups is 1. The first kappa shape index (κ1) is 13.6. The van der Waals surface area contributed by atoms with Gasteiger partial charge in [-0.25, -0.2) is 9.97 Å². The molecule has 0 atom stereocenters. The lowest BCUT2D eigenvalue weighted by Crippen LogP contribution is -2.32. The Morgan fingerprint density at radius 3 is 2.59 bits per heavy atom. The molecule has 0 aliphatic heterocycles. The van der Waals surface area contributed by atoms with E-state index < -0.39 is 5.41 Å². The molecular formula is C12H18N2O3. The van der Waals surface area contributed by atoms with Crippen molar-refractivity contribution in [2.45, 2.75) is 32.8 Å². The predicted molar refractivity (Wildman–Crippen MR) is 62.5 cm³/mol. The van der Waals surface area contributed by atoms with Crippen molar-refractivity contribution in [3.63, 3.8) is 0 Å². The van der Waals surface area contributed by atoms with Gasteiger partial charge < -0.3 is 9.47 Å². The fourth-order valence-electron chi connectivity index (χ4n) is 1.41. The first-order valence-electron chi connectivity index (χ1n) is 5.33. The van der Waals surface area contributed by atoms with Crippen LogP contribution in [-0.2, 0) is 26.3 Å². The van der Waals surface area contributed by atoms with Crippen LogP contribution in [-0.4, -0.2) is 30.2 Å². The van der Waals surface area contributed by atoms with Gasteiger partial charge in [0.25, 0.3) is 0 Å². The molecule has 0 bridgehead atoms. The highest BCUT2D eigenvalue weighted by Crippen LogP contribution is 2.22. The first-order chi connectivity index (χ1) is 7.93. The maximum atomic E-state index is 11.7. The maximum absolute atomic E-state index is 11.7. The molecule has 1 rings (SSSR count). The molecule has 0 amide bonds. The number of carbonyl (C=O) groups excluding carboxylic acids is 1. The minimum Gasteiger partial charge on any atom is -0.468 e. The van der Waals surface area contributed by atoms with Gasteiger partial charge in [0.15, 0.2) is 0 Å². The van der Waals surface area contributed by atoms with Crippen molar-refractivity contribution in [3.8, 4) is 0 Å². The van der Waals surface area contributed by atoms with Crippen LogP contribution in [0.4, 0.5) is 0 Å². The molecule has 0 fully saturated rings. The molecule has 1 heterocycles. The molecule has 0 unspecified atom stereocenters. The molecule has 0 saturated carbocycles. The first-order valence-corrected chi connectivity index (χ1v) is 5.33. The number of hydrogen-bond acceptors (Lipinski definition) is 5. The van der Waals surface area contributed by atoms with Crippen LogP contribution in [0, 0.1) is 6.92 Å². The third-order valence-corrected chi connectivity index (χ3v) is 2.61. The van der Waals surface area contributed by atoms with Crippen LogP contribution in [0.1, 0.15) is 30.9 Å². The van der Waals surface area contributed by atoms with Gasteiger partial charge >= 0.3 is 5.97 Å². The summed E-state index contributed by atoms with van der Waals surface area (Å²) in [5.74, 6) is 0.0896. The van der Waals surface area contributed by atoms with E-state index in [9.17, 15) is 4.79 Å². The normalized spacial score (nSPS) is 11.4. The third-order valence-electron chi connectivity index (χ3n) is 2.61. The highest BCUT2D eigenvalue weighted by molar-refractivity contribution is 5.80. The van der Waals surface area contributed by atoms with Gasteiger partial charge in [-0.3, -0.25) is 4.79 Å². The van der Waals surface area contributed by atoms with Crippen LogP contribution >= 0.6 is 0 Å². The zero-order chi connectivity index (χ0) is 13.1. The quantitative estimate of drug-likeness (QED) is 0.742. The fraction of sp³-hybridized carbons (Fsp3) is 0.583. The van der Waals surface area contributed by atoms with E-state index in [1.165, 1.54) is 7.11 Å². The summed E-state index contributed by atoms with van der Waals surface area (Å²) in [4.78, 5) is 20.2. The van der Waals surface area contributed by atoms with Gasteiger partial charge in [0.05, 0.1) is 19.4 Å².